The largest absolute Gasteiger partial charge is 0.383 e. The van der Waals surface area contributed by atoms with Crippen molar-refractivity contribution in [2.75, 3.05) is 44.7 Å². The van der Waals surface area contributed by atoms with Crippen LogP contribution < -0.4 is 5.32 Å². The molecule has 1 heterocycles. The Morgan fingerprint density at radius 2 is 2.17 bits per heavy atom. The molecule has 0 radical (unpaired) electrons. The lowest BCUT2D eigenvalue weighted by Crippen LogP contribution is -2.39. The quantitative estimate of drug-likeness (QED) is 0.904. The van der Waals surface area contributed by atoms with Crippen molar-refractivity contribution in [1.82, 2.24) is 4.90 Å². The number of rotatable bonds is 4. The Bertz CT molecular complexity index is 438. The zero-order valence-electron chi connectivity index (χ0n) is 10.2. The minimum Gasteiger partial charge on any atom is -0.383 e. The van der Waals surface area contributed by atoms with Crippen LogP contribution in [0.25, 0.3) is 0 Å². The van der Waals surface area contributed by atoms with E-state index in [0.29, 0.717) is 10.6 Å². The molecule has 0 spiro atoms. The Kier molecular flexibility index (Phi) is 4.82. The van der Waals surface area contributed by atoms with Gasteiger partial charge in [-0.1, -0.05) is 11.6 Å². The predicted octanol–water partition coefficient (Wildman–Crippen LogP) is 1.96. The van der Waals surface area contributed by atoms with E-state index >= 15 is 0 Å². The standard InChI is InChI=1S/C13H16ClN3O/c14-12-2-1-11(10-15)13(9-12)16-3-4-17-5-7-18-8-6-17/h1-2,9,16H,3-8H2. The summed E-state index contributed by atoms with van der Waals surface area (Å²) in [4.78, 5) is 2.34. The zero-order valence-corrected chi connectivity index (χ0v) is 10.9. The molecule has 0 unspecified atom stereocenters. The molecule has 0 saturated carbocycles. The Morgan fingerprint density at radius 1 is 1.39 bits per heavy atom. The fraction of sp³-hybridized carbons (Fsp3) is 0.462. The number of hydrogen-bond donors (Lipinski definition) is 1. The third kappa shape index (κ3) is 3.61. The maximum Gasteiger partial charge on any atom is 0.101 e. The van der Waals surface area contributed by atoms with Gasteiger partial charge in [0.2, 0.25) is 0 Å². The molecule has 18 heavy (non-hydrogen) atoms. The van der Waals surface area contributed by atoms with Gasteiger partial charge in [0.15, 0.2) is 0 Å². The van der Waals surface area contributed by atoms with E-state index in [0.717, 1.165) is 45.1 Å². The van der Waals surface area contributed by atoms with Crippen LogP contribution in [0.15, 0.2) is 18.2 Å². The molecule has 5 heteroatoms. The van der Waals surface area contributed by atoms with E-state index < -0.39 is 0 Å². The number of ether oxygens (including phenoxy) is 1. The van der Waals surface area contributed by atoms with Crippen molar-refractivity contribution < 1.29 is 4.74 Å². The topological polar surface area (TPSA) is 48.3 Å². The van der Waals surface area contributed by atoms with Gasteiger partial charge in [0.1, 0.15) is 6.07 Å². The molecule has 0 atom stereocenters. The summed E-state index contributed by atoms with van der Waals surface area (Å²) in [6.07, 6.45) is 0. The second-order valence-electron chi connectivity index (χ2n) is 4.18. The molecule has 1 aromatic carbocycles. The minimum atomic E-state index is 0.626. The summed E-state index contributed by atoms with van der Waals surface area (Å²) in [5, 5.41) is 12.9. The van der Waals surface area contributed by atoms with Crippen molar-refractivity contribution in [2.45, 2.75) is 0 Å². The van der Waals surface area contributed by atoms with Crippen molar-refractivity contribution in [1.29, 1.82) is 5.26 Å². The lowest BCUT2D eigenvalue weighted by atomic mass is 10.2. The van der Waals surface area contributed by atoms with Gasteiger partial charge in [0.25, 0.3) is 0 Å². The van der Waals surface area contributed by atoms with Crippen LogP contribution in [-0.2, 0) is 4.74 Å². The van der Waals surface area contributed by atoms with Gasteiger partial charge in [-0.05, 0) is 18.2 Å². The number of morpholine rings is 1. The summed E-state index contributed by atoms with van der Waals surface area (Å²) in [6.45, 7) is 5.31. The molecule has 1 fully saturated rings. The molecule has 1 aliphatic heterocycles. The molecule has 4 nitrogen and oxygen atoms in total. The first-order valence-corrected chi connectivity index (χ1v) is 6.41. The molecular formula is C13H16ClN3O. The smallest absolute Gasteiger partial charge is 0.101 e. The van der Waals surface area contributed by atoms with Gasteiger partial charge < -0.3 is 10.1 Å². The van der Waals surface area contributed by atoms with E-state index in [4.69, 9.17) is 21.6 Å². The van der Waals surface area contributed by atoms with Crippen molar-refractivity contribution in [2.24, 2.45) is 0 Å². The Morgan fingerprint density at radius 3 is 2.89 bits per heavy atom. The van der Waals surface area contributed by atoms with E-state index in [-0.39, 0.29) is 0 Å². The van der Waals surface area contributed by atoms with Crippen LogP contribution in [0.5, 0.6) is 0 Å². The second-order valence-corrected chi connectivity index (χ2v) is 4.62. The van der Waals surface area contributed by atoms with Crippen LogP contribution in [0.4, 0.5) is 5.69 Å². The highest BCUT2D eigenvalue weighted by Gasteiger charge is 2.09. The Labute approximate surface area is 112 Å². The van der Waals surface area contributed by atoms with Crippen LogP contribution in [0, 0.1) is 11.3 Å². The number of halogens is 1. The molecule has 0 bridgehead atoms. The molecule has 1 aromatic rings. The molecule has 2 rings (SSSR count). The fourth-order valence-electron chi connectivity index (χ4n) is 1.93. The summed E-state index contributed by atoms with van der Waals surface area (Å²) in [5.41, 5.74) is 1.43. The van der Waals surface area contributed by atoms with Crippen LogP contribution in [0.1, 0.15) is 5.56 Å². The van der Waals surface area contributed by atoms with Gasteiger partial charge in [0, 0.05) is 31.2 Å². The maximum absolute atomic E-state index is 9.00. The molecular weight excluding hydrogens is 250 g/mol. The third-order valence-corrected chi connectivity index (χ3v) is 3.18. The molecule has 96 valence electrons. The molecule has 1 N–H and O–H groups in total. The number of anilines is 1. The first-order chi connectivity index (χ1) is 8.79. The fourth-order valence-corrected chi connectivity index (χ4v) is 2.11. The number of nitrogens with zero attached hydrogens (tertiary/aromatic N) is 2. The first-order valence-electron chi connectivity index (χ1n) is 6.03. The average Bonchev–Trinajstić information content (AvgIpc) is 2.40. The van der Waals surface area contributed by atoms with Crippen LogP contribution in [0.3, 0.4) is 0 Å². The van der Waals surface area contributed by atoms with Crippen molar-refractivity contribution in [3.05, 3.63) is 28.8 Å². The summed E-state index contributed by atoms with van der Waals surface area (Å²) in [7, 11) is 0. The summed E-state index contributed by atoms with van der Waals surface area (Å²) < 4.78 is 5.29. The highest BCUT2D eigenvalue weighted by Crippen LogP contribution is 2.20. The van der Waals surface area contributed by atoms with Gasteiger partial charge in [0.05, 0.1) is 24.5 Å². The summed E-state index contributed by atoms with van der Waals surface area (Å²) in [5.74, 6) is 0. The number of hydrogen-bond acceptors (Lipinski definition) is 4. The monoisotopic (exact) mass is 265 g/mol. The highest BCUT2D eigenvalue weighted by atomic mass is 35.5. The van der Waals surface area contributed by atoms with E-state index in [9.17, 15) is 0 Å². The zero-order chi connectivity index (χ0) is 12.8. The van der Waals surface area contributed by atoms with E-state index in [1.54, 1.807) is 18.2 Å². The lowest BCUT2D eigenvalue weighted by Gasteiger charge is -2.26. The maximum atomic E-state index is 9.00. The lowest BCUT2D eigenvalue weighted by molar-refractivity contribution is 0.0398. The van der Waals surface area contributed by atoms with Crippen LogP contribution >= 0.6 is 11.6 Å². The summed E-state index contributed by atoms with van der Waals surface area (Å²) >= 11 is 5.93. The highest BCUT2D eigenvalue weighted by molar-refractivity contribution is 6.30. The molecule has 1 saturated heterocycles. The van der Waals surface area contributed by atoms with Gasteiger partial charge in [-0.15, -0.1) is 0 Å². The number of nitriles is 1. The summed E-state index contributed by atoms with van der Waals surface area (Å²) in [6, 6.07) is 7.41. The minimum absolute atomic E-state index is 0.626. The SMILES string of the molecule is N#Cc1ccc(Cl)cc1NCCN1CCOCC1. The van der Waals surface area contributed by atoms with Gasteiger partial charge in [-0.2, -0.15) is 5.26 Å². The number of nitrogens with one attached hydrogen (secondary N) is 1. The van der Waals surface area contributed by atoms with Gasteiger partial charge in [-0.25, -0.2) is 0 Å². The van der Waals surface area contributed by atoms with Crippen LogP contribution in [-0.4, -0.2) is 44.3 Å². The second kappa shape index (κ2) is 6.60. The van der Waals surface area contributed by atoms with E-state index in [1.165, 1.54) is 0 Å². The molecule has 0 aliphatic carbocycles. The van der Waals surface area contributed by atoms with Crippen molar-refractivity contribution in [3.63, 3.8) is 0 Å². The van der Waals surface area contributed by atoms with Crippen molar-refractivity contribution >= 4 is 17.3 Å². The third-order valence-electron chi connectivity index (χ3n) is 2.95. The average molecular weight is 266 g/mol. The number of benzene rings is 1. The molecule has 1 aliphatic rings. The van der Waals surface area contributed by atoms with Gasteiger partial charge in [-0.3, -0.25) is 4.90 Å². The van der Waals surface area contributed by atoms with E-state index in [2.05, 4.69) is 16.3 Å². The first kappa shape index (κ1) is 13.2. The predicted molar refractivity (Wildman–Crippen MR) is 71.9 cm³/mol. The van der Waals surface area contributed by atoms with Crippen molar-refractivity contribution in [3.8, 4) is 6.07 Å². The van der Waals surface area contributed by atoms with E-state index in [1.807, 2.05) is 0 Å². The normalized spacial score (nSPS) is 16.2. The van der Waals surface area contributed by atoms with Gasteiger partial charge >= 0.3 is 0 Å². The Balaban J connectivity index is 1.86. The molecule has 0 aromatic heterocycles. The Hall–Kier alpha value is -1.28. The molecule has 0 amide bonds. The van der Waals surface area contributed by atoms with Crippen LogP contribution in [0.2, 0.25) is 5.02 Å².